The summed E-state index contributed by atoms with van der Waals surface area (Å²) in [7, 11) is -5.95. The van der Waals surface area contributed by atoms with E-state index in [-0.39, 0.29) is 11.8 Å². The van der Waals surface area contributed by atoms with Crippen LogP contribution in [0.1, 0.15) is 78.1 Å². The molecule has 0 aromatic heterocycles. The Hall–Kier alpha value is -0.489. The van der Waals surface area contributed by atoms with E-state index in [4.69, 9.17) is 8.23 Å². The van der Waals surface area contributed by atoms with Crippen molar-refractivity contribution in [3.05, 3.63) is 0 Å². The molecule has 0 aliphatic carbocycles. The lowest BCUT2D eigenvalue weighted by molar-refractivity contribution is -0.122. The third kappa shape index (κ3) is 19.5. The van der Waals surface area contributed by atoms with E-state index in [1.807, 2.05) is 0 Å². The summed E-state index contributed by atoms with van der Waals surface area (Å²) in [6, 6.07) is 2.04. The second-order valence-electron chi connectivity index (χ2n) is 10.9. The number of hydrogen-bond donors (Lipinski definition) is 2. The van der Waals surface area contributed by atoms with Crippen molar-refractivity contribution in [1.82, 2.24) is 10.6 Å². The van der Waals surface area contributed by atoms with E-state index in [0.717, 1.165) is 76.5 Å². The van der Waals surface area contributed by atoms with E-state index >= 15 is 0 Å². The van der Waals surface area contributed by atoms with Gasteiger partial charge >= 0.3 is 8.56 Å². The highest BCUT2D eigenvalue weighted by molar-refractivity contribution is 6.87. The van der Waals surface area contributed by atoms with Crippen LogP contribution in [0.5, 0.6) is 0 Å². The number of carbonyl (C=O) groups is 2. The Morgan fingerprint density at radius 2 is 0.970 bits per heavy atom. The van der Waals surface area contributed by atoms with Crippen molar-refractivity contribution in [2.45, 2.75) is 129 Å². The fourth-order valence-corrected chi connectivity index (χ4v) is 18.2. The summed E-state index contributed by atoms with van der Waals surface area (Å²) < 4.78 is 13.3. The number of carbonyl (C=O) groups excluding carboxylic acids is 2. The molecule has 0 radical (unpaired) electrons. The maximum atomic E-state index is 11.9. The summed E-state index contributed by atoms with van der Waals surface area (Å²) in [5, 5.41) is 6.10. The lowest BCUT2D eigenvalue weighted by Crippen LogP contribution is -2.52. The minimum absolute atomic E-state index is 0.173. The molecule has 0 unspecified atom stereocenters. The van der Waals surface area contributed by atoms with Gasteiger partial charge in [-0.3, -0.25) is 9.59 Å². The predicted molar refractivity (Wildman–Crippen MR) is 148 cm³/mol. The molecule has 0 atom stereocenters. The first kappa shape index (κ1) is 32.5. The van der Waals surface area contributed by atoms with E-state index in [9.17, 15) is 9.59 Å². The topological polar surface area (TPSA) is 76.7 Å². The number of amides is 2. The summed E-state index contributed by atoms with van der Waals surface area (Å²) in [5.41, 5.74) is 0. The van der Waals surface area contributed by atoms with Crippen molar-refractivity contribution < 1.29 is 17.8 Å². The predicted octanol–water partition coefficient (Wildman–Crippen LogP) is 6.30. The number of hydrogen-bond acceptors (Lipinski definition) is 4. The van der Waals surface area contributed by atoms with Crippen LogP contribution in [0, 0.1) is 0 Å². The molecule has 0 aromatic rings. The standard InChI is InChI=1S/C24H54N2O4Si3/c1-9-11-13-17-23(27)25-19-15-21-31(3,4)29-33(7,8)30-32(5,6)22-16-20-26-24(28)18-14-12-10-2/h9-22H2,1-8H3,(H,25,27)(H,26,28). The van der Waals surface area contributed by atoms with Gasteiger partial charge in [0.25, 0.3) is 0 Å². The van der Waals surface area contributed by atoms with E-state index in [1.54, 1.807) is 0 Å². The smallest absolute Gasteiger partial charge is 0.311 e. The van der Waals surface area contributed by atoms with Crippen LogP contribution < -0.4 is 10.6 Å². The van der Waals surface area contributed by atoms with Gasteiger partial charge < -0.3 is 18.9 Å². The highest BCUT2D eigenvalue weighted by Crippen LogP contribution is 2.25. The van der Waals surface area contributed by atoms with E-state index in [0.29, 0.717) is 12.8 Å². The van der Waals surface area contributed by atoms with Crippen LogP contribution in [-0.4, -0.2) is 50.1 Å². The normalized spacial score (nSPS) is 12.6. The third-order valence-electron chi connectivity index (χ3n) is 5.61. The molecule has 0 saturated carbocycles. The Labute approximate surface area is 207 Å². The molecule has 0 aromatic carbocycles. The van der Waals surface area contributed by atoms with Gasteiger partial charge in [0, 0.05) is 25.9 Å². The van der Waals surface area contributed by atoms with Crippen LogP contribution in [0.2, 0.25) is 51.4 Å². The molecule has 33 heavy (non-hydrogen) atoms. The van der Waals surface area contributed by atoms with Crippen LogP contribution in [0.3, 0.4) is 0 Å². The molecule has 2 amide bonds. The van der Waals surface area contributed by atoms with Gasteiger partial charge in [-0.25, -0.2) is 0 Å². The van der Waals surface area contributed by atoms with Gasteiger partial charge in [-0.1, -0.05) is 39.5 Å². The Morgan fingerprint density at radius 1 is 0.606 bits per heavy atom. The Bertz CT molecular complexity index is 512. The second kappa shape index (κ2) is 17.0. The molecule has 9 heteroatoms. The first-order valence-corrected chi connectivity index (χ1v) is 22.3. The number of rotatable bonds is 20. The first-order valence-electron chi connectivity index (χ1n) is 13.3. The average molecular weight is 519 g/mol. The maximum Gasteiger partial charge on any atom is 0.311 e. The molecule has 2 N–H and O–H groups in total. The van der Waals surface area contributed by atoms with Crippen LogP contribution in [0.4, 0.5) is 0 Å². The molecule has 6 nitrogen and oxygen atoms in total. The van der Waals surface area contributed by atoms with Gasteiger partial charge in [0.2, 0.25) is 11.8 Å². The molecule has 0 aliphatic rings. The van der Waals surface area contributed by atoms with Crippen LogP contribution in [-0.2, 0) is 17.8 Å². The minimum atomic E-state index is -2.23. The zero-order valence-corrected chi connectivity index (χ0v) is 26.0. The lowest BCUT2D eigenvalue weighted by Gasteiger charge is -2.38. The van der Waals surface area contributed by atoms with Crippen molar-refractivity contribution in [3.8, 4) is 0 Å². The zero-order valence-electron chi connectivity index (χ0n) is 23.0. The molecule has 0 fully saturated rings. The first-order chi connectivity index (χ1) is 15.3. The van der Waals surface area contributed by atoms with Crippen molar-refractivity contribution >= 4 is 37.0 Å². The fourth-order valence-electron chi connectivity index (χ4n) is 4.19. The van der Waals surface area contributed by atoms with Gasteiger partial charge in [-0.2, -0.15) is 0 Å². The highest BCUT2D eigenvalue weighted by Gasteiger charge is 2.39. The molecule has 0 saturated heterocycles. The molecule has 0 rings (SSSR count). The lowest BCUT2D eigenvalue weighted by atomic mass is 10.2. The zero-order chi connectivity index (χ0) is 25.4. The molecule has 0 spiro atoms. The summed E-state index contributed by atoms with van der Waals surface area (Å²) in [6.45, 7) is 19.2. The molecular formula is C24H54N2O4Si3. The van der Waals surface area contributed by atoms with Gasteiger partial charge in [0.1, 0.15) is 0 Å². The SMILES string of the molecule is CCCCCC(=O)NCCC[Si](C)(C)O[Si](C)(C)O[Si](C)(C)CCCNC(=O)CCCCC. The van der Waals surface area contributed by atoms with Gasteiger partial charge in [0.05, 0.1) is 0 Å². The monoisotopic (exact) mass is 518 g/mol. The Balaban J connectivity index is 4.25. The maximum absolute atomic E-state index is 11.9. The molecule has 0 bridgehead atoms. The van der Waals surface area contributed by atoms with E-state index in [1.165, 1.54) is 0 Å². The Morgan fingerprint density at radius 3 is 1.30 bits per heavy atom. The summed E-state index contributed by atoms with van der Waals surface area (Å²) in [6.07, 6.45) is 9.68. The van der Waals surface area contributed by atoms with Gasteiger partial charge in [0.15, 0.2) is 16.6 Å². The average Bonchev–Trinajstić information content (AvgIpc) is 2.67. The van der Waals surface area contributed by atoms with Gasteiger partial charge in [-0.15, -0.1) is 0 Å². The summed E-state index contributed by atoms with van der Waals surface area (Å²) >= 11 is 0. The largest absolute Gasteiger partial charge is 0.437 e. The number of nitrogens with one attached hydrogen (secondary N) is 2. The molecular weight excluding hydrogens is 465 g/mol. The highest BCUT2D eigenvalue weighted by atomic mass is 28.5. The van der Waals surface area contributed by atoms with Crippen molar-refractivity contribution in [2.75, 3.05) is 13.1 Å². The third-order valence-corrected chi connectivity index (χ3v) is 17.1. The van der Waals surface area contributed by atoms with E-state index in [2.05, 4.69) is 63.8 Å². The minimum Gasteiger partial charge on any atom is -0.437 e. The number of unbranched alkanes of at least 4 members (excludes halogenated alkanes) is 4. The van der Waals surface area contributed by atoms with Crippen molar-refractivity contribution in [2.24, 2.45) is 0 Å². The van der Waals surface area contributed by atoms with E-state index < -0.39 is 25.2 Å². The van der Waals surface area contributed by atoms with Crippen molar-refractivity contribution in [1.29, 1.82) is 0 Å². The van der Waals surface area contributed by atoms with Crippen LogP contribution in [0.25, 0.3) is 0 Å². The molecule has 196 valence electrons. The molecule has 0 aliphatic heterocycles. The van der Waals surface area contributed by atoms with Crippen LogP contribution >= 0.6 is 0 Å². The van der Waals surface area contributed by atoms with Crippen molar-refractivity contribution in [3.63, 3.8) is 0 Å². The fraction of sp³-hybridized carbons (Fsp3) is 0.917. The van der Waals surface area contributed by atoms with Gasteiger partial charge in [-0.05, 0) is 77.1 Å². The van der Waals surface area contributed by atoms with Crippen LogP contribution in [0.15, 0.2) is 0 Å². The second-order valence-corrected chi connectivity index (χ2v) is 23.4. The summed E-state index contributed by atoms with van der Waals surface area (Å²) in [4.78, 5) is 23.7. The quantitative estimate of drug-likeness (QED) is 0.146. The Kier molecular flexibility index (Phi) is 16.8. The molecule has 0 heterocycles. The summed E-state index contributed by atoms with van der Waals surface area (Å²) in [5.74, 6) is 0.346.